The summed E-state index contributed by atoms with van der Waals surface area (Å²) in [6, 6.07) is 9.78. The molecule has 48 valence electrons. The minimum Gasteiger partial charge on any atom is -0.274 e. The molecule has 9 heavy (non-hydrogen) atoms. The lowest BCUT2D eigenvalue weighted by atomic mass is 10.2. The lowest BCUT2D eigenvalue weighted by Crippen LogP contribution is -1.80. The van der Waals surface area contributed by atoms with E-state index in [0.29, 0.717) is 6.61 Å². The van der Waals surface area contributed by atoms with Gasteiger partial charge in [-0.3, -0.25) is 4.29 Å². The van der Waals surface area contributed by atoms with Gasteiger partial charge in [0, 0.05) is 0 Å². The number of hydrogen-bond donors (Lipinski definition) is 0. The van der Waals surface area contributed by atoms with Crippen LogP contribution in [0.4, 0.5) is 0 Å². The molecule has 1 aromatic carbocycles. The summed E-state index contributed by atoms with van der Waals surface area (Å²) in [6.45, 7) is 0.475. The van der Waals surface area contributed by atoms with Gasteiger partial charge in [0.05, 0.1) is 18.5 Å². The Morgan fingerprint density at radius 3 is 2.44 bits per heavy atom. The molecule has 0 saturated carbocycles. The van der Waals surface area contributed by atoms with E-state index in [-0.39, 0.29) is 0 Å². The summed E-state index contributed by atoms with van der Waals surface area (Å²) in [4.78, 5) is 0. The van der Waals surface area contributed by atoms with Gasteiger partial charge in [-0.2, -0.15) is 0 Å². The Kier molecular flexibility index (Phi) is 2.55. The van der Waals surface area contributed by atoms with Crippen LogP contribution < -0.4 is 0 Å². The zero-order valence-electron chi connectivity index (χ0n) is 4.88. The highest BCUT2D eigenvalue weighted by atomic mass is 35.5. The first-order valence-electron chi connectivity index (χ1n) is 2.71. The average Bonchev–Trinajstić information content (AvgIpc) is 1.91. The van der Waals surface area contributed by atoms with Crippen molar-refractivity contribution in [2.24, 2.45) is 0 Å². The third-order valence-electron chi connectivity index (χ3n) is 1.06. The highest BCUT2D eigenvalue weighted by Crippen LogP contribution is 2.00. The molecule has 0 unspecified atom stereocenters. The maximum Gasteiger partial charge on any atom is 0.0933 e. The SMILES string of the molecule is ClOCc1ccccc1. The van der Waals surface area contributed by atoms with Gasteiger partial charge in [-0.05, 0) is 5.56 Å². The Morgan fingerprint density at radius 1 is 1.22 bits per heavy atom. The minimum absolute atomic E-state index is 0.475. The quantitative estimate of drug-likeness (QED) is 0.616. The summed E-state index contributed by atoms with van der Waals surface area (Å²) in [6.07, 6.45) is 0. The van der Waals surface area contributed by atoms with Crippen LogP contribution in [0.5, 0.6) is 0 Å². The molecule has 0 aliphatic carbocycles. The molecular formula is C7H7ClO. The Morgan fingerprint density at radius 2 is 1.89 bits per heavy atom. The predicted molar refractivity (Wildman–Crippen MR) is 37.1 cm³/mol. The molecule has 1 nitrogen and oxygen atoms in total. The van der Waals surface area contributed by atoms with Crippen molar-refractivity contribution in [1.29, 1.82) is 0 Å². The van der Waals surface area contributed by atoms with Gasteiger partial charge < -0.3 is 0 Å². The Balaban J connectivity index is 2.61. The van der Waals surface area contributed by atoms with E-state index in [2.05, 4.69) is 4.29 Å². The van der Waals surface area contributed by atoms with Crippen LogP contribution in [0.3, 0.4) is 0 Å². The van der Waals surface area contributed by atoms with Crippen LogP contribution in [0.2, 0.25) is 0 Å². The zero-order chi connectivity index (χ0) is 6.53. The van der Waals surface area contributed by atoms with Crippen molar-refractivity contribution < 1.29 is 4.29 Å². The van der Waals surface area contributed by atoms with Crippen molar-refractivity contribution in [1.82, 2.24) is 0 Å². The smallest absolute Gasteiger partial charge is 0.0933 e. The van der Waals surface area contributed by atoms with Crippen molar-refractivity contribution in [3.63, 3.8) is 0 Å². The zero-order valence-corrected chi connectivity index (χ0v) is 5.64. The van der Waals surface area contributed by atoms with E-state index in [4.69, 9.17) is 11.9 Å². The van der Waals surface area contributed by atoms with Crippen molar-refractivity contribution in [2.45, 2.75) is 6.61 Å². The first kappa shape index (κ1) is 6.59. The second-order valence-electron chi connectivity index (χ2n) is 1.74. The van der Waals surface area contributed by atoms with E-state index in [1.165, 1.54) is 0 Å². The molecule has 0 bridgehead atoms. The van der Waals surface area contributed by atoms with Gasteiger partial charge in [-0.15, -0.1) is 0 Å². The van der Waals surface area contributed by atoms with E-state index in [0.717, 1.165) is 5.56 Å². The van der Waals surface area contributed by atoms with E-state index < -0.39 is 0 Å². The normalized spacial score (nSPS) is 9.44. The molecule has 0 saturated heterocycles. The van der Waals surface area contributed by atoms with Crippen LogP contribution in [0.25, 0.3) is 0 Å². The monoisotopic (exact) mass is 142 g/mol. The van der Waals surface area contributed by atoms with Gasteiger partial charge in [0.2, 0.25) is 0 Å². The second-order valence-corrected chi connectivity index (χ2v) is 1.96. The molecule has 1 rings (SSSR count). The Bertz CT molecular complexity index is 162. The van der Waals surface area contributed by atoms with Gasteiger partial charge in [0.1, 0.15) is 0 Å². The topological polar surface area (TPSA) is 9.23 Å². The minimum atomic E-state index is 0.475. The van der Waals surface area contributed by atoms with Gasteiger partial charge in [-0.1, -0.05) is 30.3 Å². The van der Waals surface area contributed by atoms with Gasteiger partial charge in [0.25, 0.3) is 0 Å². The first-order valence-corrected chi connectivity index (χ1v) is 3.02. The van der Waals surface area contributed by atoms with Crippen molar-refractivity contribution >= 4 is 11.9 Å². The van der Waals surface area contributed by atoms with Crippen LogP contribution in [0.1, 0.15) is 5.56 Å². The highest BCUT2D eigenvalue weighted by molar-refractivity contribution is 6.07. The summed E-state index contributed by atoms with van der Waals surface area (Å²) in [5.74, 6) is 0. The molecule has 0 N–H and O–H groups in total. The average molecular weight is 143 g/mol. The molecule has 0 spiro atoms. The van der Waals surface area contributed by atoms with Crippen molar-refractivity contribution in [3.8, 4) is 0 Å². The van der Waals surface area contributed by atoms with Crippen LogP contribution in [-0.4, -0.2) is 0 Å². The molecule has 0 fully saturated rings. The molecule has 1 aromatic rings. The van der Waals surface area contributed by atoms with Crippen LogP contribution >= 0.6 is 11.9 Å². The second kappa shape index (κ2) is 3.49. The molecule has 2 heteroatoms. The molecule has 0 aromatic heterocycles. The lowest BCUT2D eigenvalue weighted by molar-refractivity contribution is 0.341. The number of rotatable bonds is 2. The molecule has 0 heterocycles. The third-order valence-corrected chi connectivity index (χ3v) is 1.17. The summed E-state index contributed by atoms with van der Waals surface area (Å²) >= 11 is 5.04. The maximum atomic E-state index is 5.04. The first-order chi connectivity index (χ1) is 4.43. The van der Waals surface area contributed by atoms with Crippen molar-refractivity contribution in [2.75, 3.05) is 0 Å². The molecule has 0 atom stereocenters. The van der Waals surface area contributed by atoms with Gasteiger partial charge in [0.15, 0.2) is 0 Å². The summed E-state index contributed by atoms with van der Waals surface area (Å²) in [5, 5.41) is 0. The third kappa shape index (κ3) is 2.04. The van der Waals surface area contributed by atoms with E-state index in [1.807, 2.05) is 30.3 Å². The van der Waals surface area contributed by atoms with Gasteiger partial charge >= 0.3 is 0 Å². The lowest BCUT2D eigenvalue weighted by Gasteiger charge is -1.92. The molecular weight excluding hydrogens is 136 g/mol. The molecule has 0 aliphatic rings. The summed E-state index contributed by atoms with van der Waals surface area (Å²) in [7, 11) is 0. The van der Waals surface area contributed by atoms with Crippen LogP contribution in [0, 0.1) is 0 Å². The summed E-state index contributed by atoms with van der Waals surface area (Å²) < 4.78 is 4.40. The van der Waals surface area contributed by atoms with Crippen LogP contribution in [0.15, 0.2) is 30.3 Å². The maximum absolute atomic E-state index is 5.04. The van der Waals surface area contributed by atoms with E-state index >= 15 is 0 Å². The highest BCUT2D eigenvalue weighted by Gasteiger charge is 1.86. The van der Waals surface area contributed by atoms with Gasteiger partial charge in [-0.25, -0.2) is 0 Å². The standard InChI is InChI=1S/C7H7ClO/c8-9-6-7-4-2-1-3-5-7/h1-5H,6H2. The fourth-order valence-corrected chi connectivity index (χ4v) is 0.763. The fraction of sp³-hybridized carbons (Fsp3) is 0.143. The molecule has 0 amide bonds. The Hall–Kier alpha value is -0.530. The number of halogens is 1. The summed E-state index contributed by atoms with van der Waals surface area (Å²) in [5.41, 5.74) is 1.09. The van der Waals surface area contributed by atoms with E-state index in [1.54, 1.807) is 0 Å². The number of benzene rings is 1. The van der Waals surface area contributed by atoms with Crippen LogP contribution in [-0.2, 0) is 10.9 Å². The molecule has 0 radical (unpaired) electrons. The molecule has 0 aliphatic heterocycles. The van der Waals surface area contributed by atoms with Crippen molar-refractivity contribution in [3.05, 3.63) is 35.9 Å². The fourth-order valence-electron chi connectivity index (χ4n) is 0.637. The van der Waals surface area contributed by atoms with E-state index in [9.17, 15) is 0 Å². The number of hydrogen-bond acceptors (Lipinski definition) is 1. The largest absolute Gasteiger partial charge is 0.274 e. The predicted octanol–water partition coefficient (Wildman–Crippen LogP) is 2.36. The Labute approximate surface area is 59.4 Å².